The molecule has 0 atom stereocenters. The second-order valence-corrected chi connectivity index (χ2v) is 3.55. The number of aromatic nitrogens is 2. The Kier molecular flexibility index (Phi) is 3.72. The van der Waals surface area contributed by atoms with Gasteiger partial charge < -0.3 is 14.4 Å². The molecule has 0 aliphatic heterocycles. The first-order valence-corrected chi connectivity index (χ1v) is 5.50. The lowest BCUT2D eigenvalue weighted by atomic mass is 10.2. The zero-order valence-electron chi connectivity index (χ0n) is 9.59. The average Bonchev–Trinajstić information content (AvgIpc) is 2.85. The molecule has 5 heteroatoms. The lowest BCUT2D eigenvalue weighted by molar-refractivity contribution is 0.264. The van der Waals surface area contributed by atoms with Crippen molar-refractivity contribution in [3.8, 4) is 17.2 Å². The van der Waals surface area contributed by atoms with Crippen LogP contribution in [-0.4, -0.2) is 21.9 Å². The first-order valence-electron chi connectivity index (χ1n) is 5.50. The number of aliphatic hydroxyl groups is 1. The van der Waals surface area contributed by atoms with Gasteiger partial charge in [-0.2, -0.15) is 4.98 Å². The van der Waals surface area contributed by atoms with Crippen molar-refractivity contribution >= 4 is 0 Å². The van der Waals surface area contributed by atoms with Crippen molar-refractivity contribution in [2.24, 2.45) is 0 Å². The first kappa shape index (κ1) is 11.6. The van der Waals surface area contributed by atoms with Crippen LogP contribution in [0.3, 0.4) is 0 Å². The molecule has 0 fully saturated rings. The van der Waals surface area contributed by atoms with Crippen molar-refractivity contribution in [1.82, 2.24) is 10.1 Å². The van der Waals surface area contributed by atoms with Crippen molar-refractivity contribution in [3.05, 3.63) is 30.1 Å². The van der Waals surface area contributed by atoms with Gasteiger partial charge in [-0.15, -0.1) is 0 Å². The highest BCUT2D eigenvalue weighted by atomic mass is 16.5. The van der Waals surface area contributed by atoms with Gasteiger partial charge in [0.2, 0.25) is 0 Å². The van der Waals surface area contributed by atoms with Gasteiger partial charge in [0.1, 0.15) is 12.4 Å². The SMILES string of the molecule is CCCOc1cccc(-c2nc(CO)no2)c1. The largest absolute Gasteiger partial charge is 0.494 e. The van der Waals surface area contributed by atoms with E-state index in [2.05, 4.69) is 17.1 Å². The predicted octanol–water partition coefficient (Wildman–Crippen LogP) is 2.02. The minimum absolute atomic E-state index is 0.227. The van der Waals surface area contributed by atoms with Crippen molar-refractivity contribution in [2.75, 3.05) is 6.61 Å². The molecule has 0 aliphatic rings. The summed E-state index contributed by atoms with van der Waals surface area (Å²) in [5.74, 6) is 1.43. The van der Waals surface area contributed by atoms with Gasteiger partial charge in [-0.1, -0.05) is 18.1 Å². The Bertz CT molecular complexity index is 482. The molecule has 0 spiro atoms. The van der Waals surface area contributed by atoms with Crippen LogP contribution in [0.1, 0.15) is 19.2 Å². The van der Waals surface area contributed by atoms with Gasteiger partial charge in [-0.3, -0.25) is 0 Å². The maximum absolute atomic E-state index is 8.86. The second kappa shape index (κ2) is 5.45. The third-order valence-electron chi connectivity index (χ3n) is 2.16. The summed E-state index contributed by atoms with van der Waals surface area (Å²) in [6.07, 6.45) is 0.958. The van der Waals surface area contributed by atoms with Crippen molar-refractivity contribution in [1.29, 1.82) is 0 Å². The Morgan fingerprint density at radius 3 is 3.00 bits per heavy atom. The van der Waals surface area contributed by atoms with Gasteiger partial charge in [0, 0.05) is 5.56 Å². The highest BCUT2D eigenvalue weighted by Crippen LogP contribution is 2.22. The van der Waals surface area contributed by atoms with Crippen LogP contribution >= 0.6 is 0 Å². The lowest BCUT2D eigenvalue weighted by Gasteiger charge is -2.04. The average molecular weight is 234 g/mol. The van der Waals surface area contributed by atoms with Crippen LogP contribution in [0.5, 0.6) is 5.75 Å². The minimum Gasteiger partial charge on any atom is -0.494 e. The lowest BCUT2D eigenvalue weighted by Crippen LogP contribution is -1.94. The predicted molar refractivity (Wildman–Crippen MR) is 61.4 cm³/mol. The van der Waals surface area contributed by atoms with E-state index in [9.17, 15) is 0 Å². The number of rotatable bonds is 5. The molecular formula is C12H14N2O3. The molecular weight excluding hydrogens is 220 g/mol. The van der Waals surface area contributed by atoms with Crippen LogP contribution in [-0.2, 0) is 6.61 Å². The maximum atomic E-state index is 8.86. The molecule has 0 bridgehead atoms. The Labute approximate surface area is 99.0 Å². The second-order valence-electron chi connectivity index (χ2n) is 3.55. The monoisotopic (exact) mass is 234 g/mol. The van der Waals surface area contributed by atoms with Crippen molar-refractivity contribution in [3.63, 3.8) is 0 Å². The van der Waals surface area contributed by atoms with E-state index in [1.165, 1.54) is 0 Å². The van der Waals surface area contributed by atoms with Crippen LogP contribution in [0.25, 0.3) is 11.5 Å². The van der Waals surface area contributed by atoms with E-state index in [0.29, 0.717) is 12.5 Å². The van der Waals surface area contributed by atoms with E-state index < -0.39 is 0 Å². The van der Waals surface area contributed by atoms with Crippen LogP contribution in [0, 0.1) is 0 Å². The summed E-state index contributed by atoms with van der Waals surface area (Å²) in [4.78, 5) is 4.04. The van der Waals surface area contributed by atoms with Crippen LogP contribution < -0.4 is 4.74 Å². The summed E-state index contributed by atoms with van der Waals surface area (Å²) < 4.78 is 10.5. The minimum atomic E-state index is -0.227. The maximum Gasteiger partial charge on any atom is 0.258 e. The normalized spacial score (nSPS) is 10.5. The van der Waals surface area contributed by atoms with Gasteiger partial charge in [0.25, 0.3) is 5.89 Å². The van der Waals surface area contributed by atoms with Gasteiger partial charge in [0.05, 0.1) is 6.61 Å². The van der Waals surface area contributed by atoms with Gasteiger partial charge in [-0.25, -0.2) is 0 Å². The summed E-state index contributed by atoms with van der Waals surface area (Å²) in [7, 11) is 0. The molecule has 17 heavy (non-hydrogen) atoms. The highest BCUT2D eigenvalue weighted by molar-refractivity contribution is 5.55. The molecule has 0 unspecified atom stereocenters. The Morgan fingerprint density at radius 1 is 1.41 bits per heavy atom. The number of benzene rings is 1. The van der Waals surface area contributed by atoms with Gasteiger partial charge in [0.15, 0.2) is 5.82 Å². The number of nitrogens with zero attached hydrogens (tertiary/aromatic N) is 2. The molecule has 0 radical (unpaired) electrons. The molecule has 90 valence electrons. The standard InChI is InChI=1S/C12H14N2O3/c1-2-6-16-10-5-3-4-9(7-10)12-13-11(8-15)14-17-12/h3-5,7,15H,2,6,8H2,1H3. The summed E-state index contributed by atoms with van der Waals surface area (Å²) in [6.45, 7) is 2.50. The van der Waals surface area contributed by atoms with E-state index in [0.717, 1.165) is 17.7 Å². The fourth-order valence-corrected chi connectivity index (χ4v) is 1.37. The zero-order valence-corrected chi connectivity index (χ0v) is 9.59. The van der Waals surface area contributed by atoms with E-state index in [-0.39, 0.29) is 12.4 Å². The smallest absolute Gasteiger partial charge is 0.258 e. The Balaban J connectivity index is 2.20. The fraction of sp³-hybridized carbons (Fsp3) is 0.333. The molecule has 5 nitrogen and oxygen atoms in total. The summed E-state index contributed by atoms with van der Waals surface area (Å²) in [5.41, 5.74) is 0.783. The fourth-order valence-electron chi connectivity index (χ4n) is 1.37. The third-order valence-corrected chi connectivity index (χ3v) is 2.16. The first-order chi connectivity index (χ1) is 8.33. The number of ether oxygens (including phenoxy) is 1. The van der Waals surface area contributed by atoms with Crippen LogP contribution in [0.4, 0.5) is 0 Å². The summed E-state index contributed by atoms with van der Waals surface area (Å²) in [5, 5.41) is 12.5. The molecule has 1 aromatic heterocycles. The number of aliphatic hydroxyl groups excluding tert-OH is 1. The summed E-state index contributed by atoms with van der Waals surface area (Å²) >= 11 is 0. The molecule has 1 aromatic carbocycles. The van der Waals surface area contributed by atoms with Crippen molar-refractivity contribution < 1.29 is 14.4 Å². The van der Waals surface area contributed by atoms with E-state index >= 15 is 0 Å². The number of hydrogen-bond donors (Lipinski definition) is 1. The molecule has 2 aromatic rings. The molecule has 0 saturated heterocycles. The molecule has 1 heterocycles. The van der Waals surface area contributed by atoms with Gasteiger partial charge >= 0.3 is 0 Å². The molecule has 1 N–H and O–H groups in total. The Morgan fingerprint density at radius 2 is 2.29 bits per heavy atom. The molecule has 0 saturated carbocycles. The Hall–Kier alpha value is -1.88. The quantitative estimate of drug-likeness (QED) is 0.857. The topological polar surface area (TPSA) is 68.4 Å². The molecule has 0 aliphatic carbocycles. The van der Waals surface area contributed by atoms with E-state index in [1.54, 1.807) is 0 Å². The number of hydrogen-bond acceptors (Lipinski definition) is 5. The van der Waals surface area contributed by atoms with Gasteiger partial charge in [-0.05, 0) is 24.6 Å². The summed E-state index contributed by atoms with van der Waals surface area (Å²) in [6, 6.07) is 7.43. The van der Waals surface area contributed by atoms with Crippen molar-refractivity contribution in [2.45, 2.75) is 20.0 Å². The zero-order chi connectivity index (χ0) is 12.1. The molecule has 0 amide bonds. The highest BCUT2D eigenvalue weighted by Gasteiger charge is 2.08. The van der Waals surface area contributed by atoms with E-state index in [4.69, 9.17) is 14.4 Å². The third kappa shape index (κ3) is 2.82. The van der Waals surface area contributed by atoms with Crippen LogP contribution in [0.2, 0.25) is 0 Å². The molecule has 2 rings (SSSR count). The van der Waals surface area contributed by atoms with E-state index in [1.807, 2.05) is 24.3 Å². The van der Waals surface area contributed by atoms with Crippen LogP contribution in [0.15, 0.2) is 28.8 Å².